The lowest BCUT2D eigenvalue weighted by atomic mass is 10.1. The van der Waals surface area contributed by atoms with Crippen LogP contribution >= 0.6 is 11.3 Å². The molecule has 3 aromatic heterocycles. The summed E-state index contributed by atoms with van der Waals surface area (Å²) in [6, 6.07) is 12.1. The highest BCUT2D eigenvalue weighted by Crippen LogP contribution is 2.26. The minimum Gasteiger partial charge on any atom is -0.330 e. The van der Waals surface area contributed by atoms with E-state index in [0.29, 0.717) is 0 Å². The summed E-state index contributed by atoms with van der Waals surface area (Å²) in [7, 11) is 1.85. The van der Waals surface area contributed by atoms with Gasteiger partial charge in [-0.05, 0) is 24.3 Å². The Morgan fingerprint density at radius 2 is 2.11 bits per heavy atom. The number of fused-ring (bicyclic) bond motifs is 1. The maximum atomic E-state index is 4.56. The number of imidazole rings is 1. The summed E-state index contributed by atoms with van der Waals surface area (Å²) < 4.78 is 2.06. The van der Waals surface area contributed by atoms with Crippen LogP contribution in [-0.4, -0.2) is 37.6 Å². The lowest BCUT2D eigenvalue weighted by Crippen LogP contribution is -2.37. The fourth-order valence-electron chi connectivity index (χ4n) is 2.91. The SMILES string of the molecule is CN1NN=C(c2ccn3c(-c4cccc(Nc5nncs5)c4)cnc3c2)N1. The smallest absolute Gasteiger partial charge is 0.209 e. The molecule has 1 aliphatic heterocycles. The number of anilines is 2. The van der Waals surface area contributed by atoms with Gasteiger partial charge in [-0.2, -0.15) is 0 Å². The molecule has 0 atom stereocenters. The lowest BCUT2D eigenvalue weighted by molar-refractivity contribution is 0.232. The maximum Gasteiger partial charge on any atom is 0.209 e. The average Bonchev–Trinajstić information content (AvgIpc) is 3.42. The van der Waals surface area contributed by atoms with Gasteiger partial charge in [-0.3, -0.25) is 9.83 Å². The van der Waals surface area contributed by atoms with Crippen LogP contribution in [0.25, 0.3) is 16.9 Å². The van der Waals surface area contributed by atoms with E-state index in [2.05, 4.69) is 53.1 Å². The predicted molar refractivity (Wildman–Crippen MR) is 104 cm³/mol. The van der Waals surface area contributed by atoms with E-state index in [1.807, 2.05) is 43.7 Å². The van der Waals surface area contributed by atoms with Crippen LogP contribution in [0.1, 0.15) is 5.56 Å². The van der Waals surface area contributed by atoms with Crippen LogP contribution in [0.15, 0.2) is 59.4 Å². The summed E-state index contributed by atoms with van der Waals surface area (Å²) in [5.74, 6) is 0.757. The van der Waals surface area contributed by atoms with Crippen LogP contribution in [-0.2, 0) is 0 Å². The first-order valence-electron chi connectivity index (χ1n) is 8.21. The van der Waals surface area contributed by atoms with E-state index in [4.69, 9.17) is 0 Å². The summed E-state index contributed by atoms with van der Waals surface area (Å²) in [6.45, 7) is 0. The largest absolute Gasteiger partial charge is 0.330 e. The topological polar surface area (TPSA) is 94.8 Å². The number of hydrazone groups is 1. The molecule has 134 valence electrons. The zero-order chi connectivity index (χ0) is 18.2. The van der Waals surface area contributed by atoms with E-state index in [0.717, 1.165) is 39.1 Å². The molecule has 0 aliphatic carbocycles. The third-order valence-corrected chi connectivity index (χ3v) is 4.75. The van der Waals surface area contributed by atoms with Crippen LogP contribution in [0.2, 0.25) is 0 Å². The normalized spacial score (nSPS) is 14.0. The first kappa shape index (κ1) is 15.7. The van der Waals surface area contributed by atoms with Gasteiger partial charge in [0, 0.05) is 30.1 Å². The fourth-order valence-corrected chi connectivity index (χ4v) is 3.38. The first-order valence-corrected chi connectivity index (χ1v) is 9.09. The first-order chi connectivity index (χ1) is 13.3. The van der Waals surface area contributed by atoms with Gasteiger partial charge in [-0.25, -0.2) is 10.5 Å². The molecule has 0 saturated carbocycles. The Morgan fingerprint density at radius 3 is 2.93 bits per heavy atom. The number of pyridine rings is 1. The van der Waals surface area contributed by atoms with Crippen LogP contribution in [0, 0.1) is 0 Å². The van der Waals surface area contributed by atoms with Gasteiger partial charge in [-0.15, -0.1) is 20.4 Å². The molecule has 10 heteroatoms. The standard InChI is InChI=1S/C17H15N9S/c1-25-23-16(21-24-25)12-5-6-26-14(9-18-15(26)8-12)11-3-2-4-13(7-11)20-17-22-19-10-27-17/h2-10,24H,1H3,(H,20,22)(H,21,23). The van der Waals surface area contributed by atoms with Crippen molar-refractivity contribution in [2.24, 2.45) is 5.10 Å². The summed E-state index contributed by atoms with van der Waals surface area (Å²) in [4.78, 5) is 4.56. The highest BCUT2D eigenvalue weighted by molar-refractivity contribution is 7.13. The molecule has 1 aliphatic rings. The van der Waals surface area contributed by atoms with Gasteiger partial charge in [0.2, 0.25) is 5.13 Å². The van der Waals surface area contributed by atoms with Crippen molar-refractivity contribution in [2.45, 2.75) is 0 Å². The minimum atomic E-state index is 0.757. The van der Waals surface area contributed by atoms with Gasteiger partial charge in [0.15, 0.2) is 5.84 Å². The quantitative estimate of drug-likeness (QED) is 0.502. The number of rotatable bonds is 4. The maximum absolute atomic E-state index is 4.56. The number of aromatic nitrogens is 4. The van der Waals surface area contributed by atoms with E-state index in [1.54, 1.807) is 10.6 Å². The van der Waals surface area contributed by atoms with Crippen LogP contribution < -0.4 is 16.3 Å². The van der Waals surface area contributed by atoms with Gasteiger partial charge in [-0.1, -0.05) is 23.5 Å². The van der Waals surface area contributed by atoms with E-state index in [1.165, 1.54) is 11.3 Å². The van der Waals surface area contributed by atoms with Crippen molar-refractivity contribution in [3.63, 3.8) is 0 Å². The number of benzene rings is 1. The number of hydrogen-bond donors (Lipinski definition) is 3. The highest BCUT2D eigenvalue weighted by atomic mass is 32.1. The Morgan fingerprint density at radius 1 is 1.15 bits per heavy atom. The zero-order valence-electron chi connectivity index (χ0n) is 14.3. The molecule has 4 heterocycles. The Bertz CT molecular complexity index is 1130. The molecular weight excluding hydrogens is 362 g/mol. The molecule has 0 amide bonds. The molecular formula is C17H15N9S. The van der Waals surface area contributed by atoms with Crippen LogP contribution in [0.4, 0.5) is 10.8 Å². The monoisotopic (exact) mass is 377 g/mol. The summed E-state index contributed by atoms with van der Waals surface area (Å²) in [5.41, 5.74) is 12.5. The summed E-state index contributed by atoms with van der Waals surface area (Å²) in [5, 5.41) is 17.8. The molecule has 3 N–H and O–H groups in total. The number of hydrogen-bond acceptors (Lipinski definition) is 9. The highest BCUT2D eigenvalue weighted by Gasteiger charge is 2.14. The van der Waals surface area contributed by atoms with Gasteiger partial charge in [0.05, 0.1) is 11.9 Å². The van der Waals surface area contributed by atoms with E-state index in [9.17, 15) is 0 Å². The zero-order valence-corrected chi connectivity index (χ0v) is 15.1. The van der Waals surface area contributed by atoms with Gasteiger partial charge in [0.25, 0.3) is 0 Å². The summed E-state index contributed by atoms with van der Waals surface area (Å²) >= 11 is 1.46. The molecule has 0 unspecified atom stereocenters. The Kier molecular flexibility index (Phi) is 3.69. The van der Waals surface area contributed by atoms with Gasteiger partial charge in [0.1, 0.15) is 11.2 Å². The number of nitrogens with one attached hydrogen (secondary N) is 3. The molecule has 0 radical (unpaired) electrons. The molecule has 4 aromatic rings. The average molecular weight is 377 g/mol. The van der Waals surface area contributed by atoms with Crippen molar-refractivity contribution in [3.8, 4) is 11.3 Å². The molecule has 0 bridgehead atoms. The Balaban J connectivity index is 1.48. The van der Waals surface area contributed by atoms with Crippen LogP contribution in [0.3, 0.4) is 0 Å². The molecule has 1 aromatic carbocycles. The van der Waals surface area contributed by atoms with E-state index >= 15 is 0 Å². The van der Waals surface area contributed by atoms with Crippen molar-refractivity contribution in [1.29, 1.82) is 0 Å². The minimum absolute atomic E-state index is 0.757. The summed E-state index contributed by atoms with van der Waals surface area (Å²) in [6.07, 6.45) is 3.87. The lowest BCUT2D eigenvalue weighted by Gasteiger charge is -2.09. The Hall–Kier alpha value is -3.50. The van der Waals surface area contributed by atoms with Crippen LogP contribution in [0.5, 0.6) is 0 Å². The molecule has 27 heavy (non-hydrogen) atoms. The van der Waals surface area contributed by atoms with E-state index < -0.39 is 0 Å². The third kappa shape index (κ3) is 2.96. The van der Waals surface area contributed by atoms with Crippen molar-refractivity contribution in [2.75, 3.05) is 12.4 Å². The van der Waals surface area contributed by atoms with Crippen molar-refractivity contribution < 1.29 is 0 Å². The second kappa shape index (κ2) is 6.34. The number of nitrogens with zero attached hydrogens (tertiary/aromatic N) is 6. The second-order valence-electron chi connectivity index (χ2n) is 5.97. The third-order valence-electron chi connectivity index (χ3n) is 4.14. The number of amidine groups is 1. The van der Waals surface area contributed by atoms with Gasteiger partial charge < -0.3 is 5.32 Å². The molecule has 0 spiro atoms. The molecule has 5 rings (SSSR count). The molecule has 0 fully saturated rings. The fraction of sp³-hybridized carbons (Fsp3) is 0.0588. The second-order valence-corrected chi connectivity index (χ2v) is 6.80. The molecule has 0 saturated heterocycles. The van der Waals surface area contributed by atoms with Crippen molar-refractivity contribution in [3.05, 3.63) is 59.9 Å². The Labute approximate surface area is 158 Å². The van der Waals surface area contributed by atoms with Crippen molar-refractivity contribution >= 4 is 33.6 Å². The van der Waals surface area contributed by atoms with E-state index in [-0.39, 0.29) is 0 Å². The predicted octanol–water partition coefficient (Wildman–Crippen LogP) is 2.21. The number of hydrazine groups is 2. The van der Waals surface area contributed by atoms with Gasteiger partial charge >= 0.3 is 0 Å². The van der Waals surface area contributed by atoms with Crippen molar-refractivity contribution in [1.82, 2.24) is 35.7 Å². The molecule has 9 nitrogen and oxygen atoms in total.